The Labute approximate surface area is 181 Å². The van der Waals surface area contributed by atoms with Gasteiger partial charge in [-0.05, 0) is 31.2 Å². The summed E-state index contributed by atoms with van der Waals surface area (Å²) >= 11 is 1.52. The van der Waals surface area contributed by atoms with Crippen LogP contribution in [0.2, 0.25) is 0 Å². The summed E-state index contributed by atoms with van der Waals surface area (Å²) in [4.78, 5) is 21.9. The van der Waals surface area contributed by atoms with Crippen molar-refractivity contribution in [3.63, 3.8) is 0 Å². The van der Waals surface area contributed by atoms with Crippen LogP contribution in [-0.2, 0) is 4.79 Å². The lowest BCUT2D eigenvalue weighted by Crippen LogP contribution is -2.48. The zero-order valence-corrected chi connectivity index (χ0v) is 17.6. The topological polar surface area (TPSA) is 91.8 Å². The molecule has 0 unspecified atom stereocenters. The summed E-state index contributed by atoms with van der Waals surface area (Å²) < 4.78 is 19.9. The van der Waals surface area contributed by atoms with Crippen molar-refractivity contribution in [2.45, 2.75) is 6.92 Å². The van der Waals surface area contributed by atoms with Crippen molar-refractivity contribution >= 4 is 33.2 Å². The van der Waals surface area contributed by atoms with E-state index in [2.05, 4.69) is 30.4 Å². The summed E-state index contributed by atoms with van der Waals surface area (Å²) in [7, 11) is 0. The molecule has 1 amide bonds. The second-order valence-corrected chi connectivity index (χ2v) is 8.31. The Hall–Kier alpha value is -3.31. The summed E-state index contributed by atoms with van der Waals surface area (Å²) in [5.41, 5.74) is 1.62. The van der Waals surface area contributed by atoms with Crippen molar-refractivity contribution in [3.8, 4) is 11.3 Å². The van der Waals surface area contributed by atoms with Crippen LogP contribution >= 0.6 is 11.3 Å². The van der Waals surface area contributed by atoms with Gasteiger partial charge in [0.2, 0.25) is 16.0 Å². The number of aromatic nitrogens is 4. The monoisotopic (exact) mass is 441 g/mol. The van der Waals surface area contributed by atoms with E-state index < -0.39 is 0 Å². The van der Waals surface area contributed by atoms with Crippen molar-refractivity contribution in [1.82, 2.24) is 24.7 Å². The molecule has 11 heteroatoms. The smallest absolute Gasteiger partial charge is 0.239 e. The largest absolute Gasteiger partial charge is 0.360 e. The van der Waals surface area contributed by atoms with Crippen LogP contribution in [0.4, 0.5) is 15.3 Å². The van der Waals surface area contributed by atoms with E-state index in [0.717, 1.165) is 47.5 Å². The number of benzene rings is 1. The van der Waals surface area contributed by atoms with Gasteiger partial charge in [-0.25, -0.2) is 13.9 Å². The van der Waals surface area contributed by atoms with Crippen LogP contribution in [0.5, 0.6) is 0 Å². The molecule has 4 aromatic rings. The first-order chi connectivity index (χ1) is 15.0. The number of rotatable bonds is 5. The lowest BCUT2D eigenvalue weighted by molar-refractivity contribution is -0.117. The van der Waals surface area contributed by atoms with Crippen molar-refractivity contribution in [1.29, 1.82) is 0 Å². The van der Waals surface area contributed by atoms with Crippen molar-refractivity contribution in [3.05, 3.63) is 48.1 Å². The van der Waals surface area contributed by atoms with Crippen LogP contribution in [0.1, 0.15) is 5.76 Å². The highest BCUT2D eigenvalue weighted by Gasteiger charge is 2.22. The number of anilines is 2. The van der Waals surface area contributed by atoms with E-state index in [-0.39, 0.29) is 11.7 Å². The van der Waals surface area contributed by atoms with Gasteiger partial charge in [-0.3, -0.25) is 9.69 Å². The molecule has 31 heavy (non-hydrogen) atoms. The molecule has 160 valence electrons. The SMILES string of the molecule is Cc1cc(NC(=O)CN2CCN(c3nn4cc(-c5ccc(F)cc5)nc4s3)CC2)no1. The molecule has 0 spiro atoms. The number of amides is 1. The van der Waals surface area contributed by atoms with Crippen LogP contribution in [0.25, 0.3) is 16.2 Å². The Balaban J connectivity index is 1.18. The highest BCUT2D eigenvalue weighted by atomic mass is 32.1. The molecule has 0 radical (unpaired) electrons. The highest BCUT2D eigenvalue weighted by Crippen LogP contribution is 2.27. The number of nitrogens with one attached hydrogen (secondary N) is 1. The molecule has 1 saturated heterocycles. The van der Waals surface area contributed by atoms with Crippen molar-refractivity contribution in [2.24, 2.45) is 0 Å². The van der Waals surface area contributed by atoms with Gasteiger partial charge in [-0.2, -0.15) is 0 Å². The Morgan fingerprint density at radius 1 is 1.23 bits per heavy atom. The fourth-order valence-electron chi connectivity index (χ4n) is 3.49. The first-order valence-corrected chi connectivity index (χ1v) is 10.7. The molecule has 0 bridgehead atoms. The lowest BCUT2D eigenvalue weighted by Gasteiger charge is -2.33. The standard InChI is InChI=1S/C20H20FN7O2S/c1-13-10-17(25-30-13)23-18(29)12-26-6-8-27(9-7-26)20-24-28-11-16(22-19(28)31-20)14-2-4-15(21)5-3-14/h2-5,10-11H,6-9,12H2,1H3,(H,23,25,29). The zero-order valence-electron chi connectivity index (χ0n) is 16.8. The van der Waals surface area contributed by atoms with E-state index >= 15 is 0 Å². The third-order valence-corrected chi connectivity index (χ3v) is 6.06. The second-order valence-electron chi connectivity index (χ2n) is 7.38. The van der Waals surface area contributed by atoms with Gasteiger partial charge in [-0.1, -0.05) is 16.5 Å². The summed E-state index contributed by atoms with van der Waals surface area (Å²) in [5.74, 6) is 0.716. The first kappa shape index (κ1) is 19.6. The predicted octanol–water partition coefficient (Wildman–Crippen LogP) is 2.65. The number of piperazine rings is 1. The number of nitrogens with zero attached hydrogens (tertiary/aromatic N) is 6. The first-order valence-electron chi connectivity index (χ1n) is 9.86. The molecule has 1 aliphatic rings. The van der Waals surface area contributed by atoms with Gasteiger partial charge in [0.1, 0.15) is 11.6 Å². The molecule has 0 saturated carbocycles. The maximum atomic E-state index is 13.1. The maximum absolute atomic E-state index is 13.1. The van der Waals surface area contributed by atoms with Gasteiger partial charge in [0.05, 0.1) is 18.4 Å². The van der Waals surface area contributed by atoms with Crippen LogP contribution < -0.4 is 10.2 Å². The Bertz CT molecular complexity index is 1180. The molecular formula is C20H20FN7O2S. The number of halogens is 1. The van der Waals surface area contributed by atoms with E-state index in [1.807, 2.05) is 6.20 Å². The number of carbonyl (C=O) groups excluding carboxylic acids is 1. The van der Waals surface area contributed by atoms with Crippen LogP contribution in [0, 0.1) is 12.7 Å². The van der Waals surface area contributed by atoms with Crippen LogP contribution in [0.3, 0.4) is 0 Å². The average molecular weight is 441 g/mol. The van der Waals surface area contributed by atoms with Gasteiger partial charge in [0, 0.05) is 37.8 Å². The normalized spacial score (nSPS) is 15.0. The summed E-state index contributed by atoms with van der Waals surface area (Å²) in [6.45, 7) is 5.15. The lowest BCUT2D eigenvalue weighted by atomic mass is 10.2. The minimum atomic E-state index is -0.268. The Morgan fingerprint density at radius 3 is 2.68 bits per heavy atom. The third-order valence-electron chi connectivity index (χ3n) is 5.08. The maximum Gasteiger partial charge on any atom is 0.239 e. The number of imidazole rings is 1. The third kappa shape index (κ3) is 4.28. The summed E-state index contributed by atoms with van der Waals surface area (Å²) in [6.07, 6.45) is 1.86. The number of carbonyl (C=O) groups is 1. The molecule has 0 atom stereocenters. The predicted molar refractivity (Wildman–Crippen MR) is 115 cm³/mol. The average Bonchev–Trinajstić information content (AvgIpc) is 3.44. The molecule has 1 N–H and O–H groups in total. The van der Waals surface area contributed by atoms with Crippen LogP contribution in [0.15, 0.2) is 41.1 Å². The Morgan fingerprint density at radius 2 is 2.00 bits per heavy atom. The fourth-order valence-corrected chi connectivity index (χ4v) is 4.42. The molecule has 4 heterocycles. The molecular weight excluding hydrogens is 421 g/mol. The molecule has 1 aliphatic heterocycles. The second kappa shape index (κ2) is 8.08. The quantitative estimate of drug-likeness (QED) is 0.509. The van der Waals surface area contributed by atoms with Gasteiger partial charge in [0.15, 0.2) is 5.82 Å². The summed E-state index contributed by atoms with van der Waals surface area (Å²) in [6, 6.07) is 7.96. The molecule has 9 nitrogen and oxygen atoms in total. The number of fused-ring (bicyclic) bond motifs is 1. The zero-order chi connectivity index (χ0) is 21.4. The van der Waals surface area contributed by atoms with E-state index in [0.29, 0.717) is 18.1 Å². The van der Waals surface area contributed by atoms with Crippen molar-refractivity contribution < 1.29 is 13.7 Å². The molecule has 3 aromatic heterocycles. The highest BCUT2D eigenvalue weighted by molar-refractivity contribution is 7.20. The van der Waals surface area contributed by atoms with Gasteiger partial charge in [0.25, 0.3) is 0 Å². The van der Waals surface area contributed by atoms with Gasteiger partial charge in [-0.15, -0.1) is 5.10 Å². The van der Waals surface area contributed by atoms with E-state index in [4.69, 9.17) is 4.52 Å². The van der Waals surface area contributed by atoms with E-state index in [9.17, 15) is 9.18 Å². The molecule has 0 aliphatic carbocycles. The van der Waals surface area contributed by atoms with Gasteiger partial charge < -0.3 is 14.7 Å². The van der Waals surface area contributed by atoms with Crippen LogP contribution in [-0.4, -0.2) is 63.3 Å². The van der Waals surface area contributed by atoms with E-state index in [1.54, 1.807) is 29.6 Å². The van der Waals surface area contributed by atoms with E-state index in [1.165, 1.54) is 23.5 Å². The minimum absolute atomic E-state index is 0.109. The van der Waals surface area contributed by atoms with Gasteiger partial charge >= 0.3 is 0 Å². The number of hydrogen-bond donors (Lipinski definition) is 1. The fraction of sp³-hybridized carbons (Fsp3) is 0.300. The minimum Gasteiger partial charge on any atom is -0.360 e. The number of hydrogen-bond acceptors (Lipinski definition) is 8. The summed E-state index contributed by atoms with van der Waals surface area (Å²) in [5, 5.41) is 12.1. The molecule has 1 fully saturated rings. The van der Waals surface area contributed by atoms with Crippen molar-refractivity contribution in [2.75, 3.05) is 42.9 Å². The molecule has 5 rings (SSSR count). The Kier molecular flexibility index (Phi) is 5.12. The number of aryl methyl sites for hydroxylation is 1. The molecule has 1 aromatic carbocycles.